The Morgan fingerprint density at radius 3 is 2.43 bits per heavy atom. The van der Waals surface area contributed by atoms with E-state index in [2.05, 4.69) is 36.1 Å². The Morgan fingerprint density at radius 1 is 1.03 bits per heavy atom. The topological polar surface area (TPSA) is 95.6 Å². The predicted octanol–water partition coefficient (Wildman–Crippen LogP) is 4.10. The first-order valence-electron chi connectivity index (χ1n) is 11.9. The fourth-order valence-electron chi connectivity index (χ4n) is 4.89. The van der Waals surface area contributed by atoms with Crippen LogP contribution in [0.4, 0.5) is 0 Å². The highest BCUT2D eigenvalue weighted by atomic mass is 32.2. The van der Waals surface area contributed by atoms with Gasteiger partial charge in [0, 0.05) is 12.1 Å². The molecule has 182 valence electrons. The fraction of sp³-hybridized carbons (Fsp3) is 0.385. The van der Waals surface area contributed by atoms with Gasteiger partial charge in [-0.15, -0.1) is 5.10 Å². The van der Waals surface area contributed by atoms with Crippen LogP contribution in [0.5, 0.6) is 0 Å². The highest BCUT2D eigenvalue weighted by Gasteiger charge is 2.29. The average Bonchev–Trinajstić information content (AvgIpc) is 3.38. The van der Waals surface area contributed by atoms with Crippen LogP contribution in [-0.4, -0.2) is 49.5 Å². The Bertz CT molecular complexity index is 1460. The van der Waals surface area contributed by atoms with E-state index >= 15 is 0 Å². The number of pyridine rings is 1. The largest absolute Gasteiger partial charge is 0.251 e. The maximum absolute atomic E-state index is 12.4. The molecule has 0 amide bonds. The molecule has 1 unspecified atom stereocenters. The van der Waals surface area contributed by atoms with Crippen molar-refractivity contribution in [2.24, 2.45) is 0 Å². The fourth-order valence-corrected chi connectivity index (χ4v) is 6.56. The van der Waals surface area contributed by atoms with Crippen LogP contribution in [0.1, 0.15) is 52.8 Å². The summed E-state index contributed by atoms with van der Waals surface area (Å²) in [5.74, 6) is 1.62. The second kappa shape index (κ2) is 9.03. The van der Waals surface area contributed by atoms with Gasteiger partial charge in [0.1, 0.15) is 11.5 Å². The maximum Gasteiger partial charge on any atom is 0.200 e. The molecule has 4 heterocycles. The molecule has 0 radical (unpaired) electrons. The predicted molar refractivity (Wildman–Crippen MR) is 135 cm³/mol. The first-order chi connectivity index (χ1) is 16.7. The Kier molecular flexibility index (Phi) is 6.04. The monoisotopic (exact) mass is 490 g/mol. The number of nitrogens with zero attached hydrogens (tertiary/aromatic N) is 6. The third-order valence-corrected chi connectivity index (χ3v) is 8.50. The molecule has 0 aliphatic carbocycles. The number of aryl methyl sites for hydroxylation is 4. The van der Waals surface area contributed by atoms with Crippen molar-refractivity contribution in [3.63, 3.8) is 0 Å². The standard InChI is InChI=1S/C26H30N6O2S/c1-17-7-5-8-18(2)23(17)14-25-28-26(30-32(25)22-9-6-12-35(33,34)16-22)24-11-10-21(15-27-24)31-20(4)13-19(3)29-31/h5,7-8,10-11,13,15,22H,6,9,12,14,16H2,1-4H3. The number of rotatable bonds is 5. The summed E-state index contributed by atoms with van der Waals surface area (Å²) in [6.07, 6.45) is 3.77. The van der Waals surface area contributed by atoms with Crippen LogP contribution in [0.2, 0.25) is 0 Å². The summed E-state index contributed by atoms with van der Waals surface area (Å²) in [5.41, 5.74) is 7.07. The molecule has 1 saturated heterocycles. The van der Waals surface area contributed by atoms with E-state index in [1.54, 1.807) is 6.20 Å². The van der Waals surface area contributed by atoms with E-state index < -0.39 is 9.84 Å². The second-order valence-corrected chi connectivity index (χ2v) is 11.7. The van der Waals surface area contributed by atoms with Crippen molar-refractivity contribution in [3.05, 3.63) is 76.5 Å². The number of hydrogen-bond acceptors (Lipinski definition) is 6. The quantitative estimate of drug-likeness (QED) is 0.418. The lowest BCUT2D eigenvalue weighted by atomic mass is 9.99. The molecule has 0 spiro atoms. The summed E-state index contributed by atoms with van der Waals surface area (Å²) in [4.78, 5) is 9.51. The summed E-state index contributed by atoms with van der Waals surface area (Å²) in [7, 11) is -3.09. The lowest BCUT2D eigenvalue weighted by Gasteiger charge is -2.23. The van der Waals surface area contributed by atoms with Gasteiger partial charge in [-0.2, -0.15) is 5.10 Å². The molecule has 0 bridgehead atoms. The van der Waals surface area contributed by atoms with Gasteiger partial charge in [-0.25, -0.2) is 22.8 Å². The summed E-state index contributed by atoms with van der Waals surface area (Å²) in [6, 6.07) is 11.9. The van der Waals surface area contributed by atoms with Crippen molar-refractivity contribution >= 4 is 9.84 Å². The Morgan fingerprint density at radius 2 is 1.80 bits per heavy atom. The Hall–Kier alpha value is -3.33. The molecule has 1 fully saturated rings. The van der Waals surface area contributed by atoms with Gasteiger partial charge in [0.25, 0.3) is 0 Å². The normalized spacial score (nSPS) is 17.5. The molecule has 5 rings (SSSR count). The van der Waals surface area contributed by atoms with Crippen LogP contribution >= 0.6 is 0 Å². The second-order valence-electron chi connectivity index (χ2n) is 9.49. The molecule has 0 N–H and O–H groups in total. The molecule has 8 nitrogen and oxygen atoms in total. The van der Waals surface area contributed by atoms with E-state index in [0.29, 0.717) is 24.4 Å². The van der Waals surface area contributed by atoms with Crippen LogP contribution in [0, 0.1) is 27.7 Å². The van der Waals surface area contributed by atoms with Crippen LogP contribution < -0.4 is 0 Å². The lowest BCUT2D eigenvalue weighted by molar-refractivity contribution is 0.423. The molecular formula is C26H30N6O2S. The van der Waals surface area contributed by atoms with Crippen LogP contribution in [0.25, 0.3) is 17.2 Å². The lowest BCUT2D eigenvalue weighted by Crippen LogP contribution is -2.29. The Balaban J connectivity index is 1.54. The van der Waals surface area contributed by atoms with Gasteiger partial charge in [-0.1, -0.05) is 18.2 Å². The zero-order chi connectivity index (χ0) is 24.7. The average molecular weight is 491 g/mol. The molecule has 1 atom stereocenters. The van der Waals surface area contributed by atoms with E-state index in [-0.39, 0.29) is 17.5 Å². The van der Waals surface area contributed by atoms with Gasteiger partial charge in [-0.05, 0) is 75.4 Å². The summed E-state index contributed by atoms with van der Waals surface area (Å²) >= 11 is 0. The summed E-state index contributed by atoms with van der Waals surface area (Å²) < 4.78 is 28.5. The van der Waals surface area contributed by atoms with Gasteiger partial charge in [-0.3, -0.25) is 4.98 Å². The van der Waals surface area contributed by atoms with Crippen molar-refractivity contribution in [1.82, 2.24) is 29.5 Å². The van der Waals surface area contributed by atoms with Crippen LogP contribution in [0.3, 0.4) is 0 Å². The zero-order valence-electron chi connectivity index (χ0n) is 20.6. The molecule has 1 aromatic carbocycles. The van der Waals surface area contributed by atoms with E-state index in [1.807, 2.05) is 47.5 Å². The van der Waals surface area contributed by atoms with Gasteiger partial charge < -0.3 is 0 Å². The first-order valence-corrected chi connectivity index (χ1v) is 13.7. The van der Waals surface area contributed by atoms with Crippen molar-refractivity contribution in [3.8, 4) is 17.2 Å². The number of hydrogen-bond donors (Lipinski definition) is 0. The molecule has 9 heteroatoms. The molecule has 4 aromatic rings. The molecule has 1 aliphatic heterocycles. The minimum atomic E-state index is -3.09. The summed E-state index contributed by atoms with van der Waals surface area (Å²) in [5, 5.41) is 9.33. The van der Waals surface area contributed by atoms with Gasteiger partial charge in [0.15, 0.2) is 15.7 Å². The third kappa shape index (κ3) is 4.77. The third-order valence-electron chi connectivity index (χ3n) is 6.70. The van der Waals surface area contributed by atoms with Crippen LogP contribution in [-0.2, 0) is 16.3 Å². The van der Waals surface area contributed by atoms with Crippen molar-refractivity contribution < 1.29 is 8.42 Å². The molecule has 0 saturated carbocycles. The number of aromatic nitrogens is 6. The first kappa shape index (κ1) is 23.4. The van der Waals surface area contributed by atoms with Gasteiger partial charge in [0.2, 0.25) is 0 Å². The highest BCUT2D eigenvalue weighted by Crippen LogP contribution is 2.28. The Labute approximate surface area is 206 Å². The van der Waals surface area contributed by atoms with Crippen molar-refractivity contribution in [1.29, 1.82) is 0 Å². The molecule has 35 heavy (non-hydrogen) atoms. The van der Waals surface area contributed by atoms with Gasteiger partial charge >= 0.3 is 0 Å². The summed E-state index contributed by atoms with van der Waals surface area (Å²) in [6.45, 7) is 8.16. The minimum absolute atomic E-state index is 0.0971. The number of sulfone groups is 1. The SMILES string of the molecule is Cc1cc(C)n(-c2ccc(-c3nc(Cc4c(C)cccc4C)n(C4CCCS(=O)(=O)C4)n3)nc2)n1. The smallest absolute Gasteiger partial charge is 0.200 e. The van der Waals surface area contributed by atoms with E-state index in [0.717, 1.165) is 29.3 Å². The van der Waals surface area contributed by atoms with Crippen LogP contribution in [0.15, 0.2) is 42.6 Å². The molecule has 1 aliphatic rings. The van der Waals surface area contributed by atoms with Gasteiger partial charge in [0.05, 0.1) is 35.1 Å². The zero-order valence-corrected chi connectivity index (χ0v) is 21.4. The molecule has 3 aromatic heterocycles. The van der Waals surface area contributed by atoms with Crippen molar-refractivity contribution in [2.45, 2.75) is 53.0 Å². The minimum Gasteiger partial charge on any atom is -0.251 e. The maximum atomic E-state index is 12.4. The van der Waals surface area contributed by atoms with E-state index in [4.69, 9.17) is 10.1 Å². The van der Waals surface area contributed by atoms with Crippen molar-refractivity contribution in [2.75, 3.05) is 11.5 Å². The number of benzene rings is 1. The van der Waals surface area contributed by atoms with E-state index in [1.165, 1.54) is 16.7 Å². The molecular weight excluding hydrogens is 460 g/mol. The van der Waals surface area contributed by atoms with E-state index in [9.17, 15) is 8.42 Å². The highest BCUT2D eigenvalue weighted by molar-refractivity contribution is 7.91.